The van der Waals surface area contributed by atoms with Gasteiger partial charge < -0.3 is 24.8 Å². The van der Waals surface area contributed by atoms with Crippen molar-refractivity contribution in [1.29, 1.82) is 0 Å². The highest BCUT2D eigenvalue weighted by Crippen LogP contribution is 2.60. The average Bonchev–Trinajstić information content (AvgIpc) is 3.04. The van der Waals surface area contributed by atoms with Crippen LogP contribution in [0.25, 0.3) is 0 Å². The minimum Gasteiger partial charge on any atom is -0.352 e. The summed E-state index contributed by atoms with van der Waals surface area (Å²) < 4.78 is 18.9. The lowest BCUT2D eigenvalue weighted by atomic mass is 9.58. The molecule has 8 nitrogen and oxygen atoms in total. The molecule has 2 bridgehead atoms. The fraction of sp³-hybridized carbons (Fsp3) is 0.720. The molecule has 1 aromatic carbocycles. The fourth-order valence-electron chi connectivity index (χ4n) is 6.27. The number of ether oxygens (including phenoxy) is 3. The lowest BCUT2D eigenvalue weighted by Gasteiger charge is -2.60. The molecule has 4 saturated heterocycles. The van der Waals surface area contributed by atoms with Crippen molar-refractivity contribution in [1.82, 2.24) is 5.32 Å². The van der Waals surface area contributed by atoms with Gasteiger partial charge in [-0.15, -0.1) is 0 Å². The highest BCUT2D eigenvalue weighted by Gasteiger charge is 2.69. The summed E-state index contributed by atoms with van der Waals surface area (Å²) in [5, 5.41) is 6.09. The molecule has 0 unspecified atom stereocenters. The minimum atomic E-state index is -0.790. The SMILES string of the molecule is C[C@H]1[C@@H](OCCCNC(=O)Nc2ccccc2Cl)O[C@@H]2O[C@]3(C)CC[C@H]4[C@H](C)CC[C@@H]1[C@@]24OO3. The van der Waals surface area contributed by atoms with Gasteiger partial charge in [-0.3, -0.25) is 0 Å². The number of benzene rings is 1. The van der Waals surface area contributed by atoms with E-state index in [9.17, 15) is 4.79 Å². The zero-order chi connectivity index (χ0) is 23.9. The molecule has 1 saturated carbocycles. The van der Waals surface area contributed by atoms with Gasteiger partial charge in [0, 0.05) is 24.8 Å². The third-order valence-corrected chi connectivity index (χ3v) is 8.44. The lowest BCUT2D eigenvalue weighted by Crippen LogP contribution is -2.70. The quantitative estimate of drug-likeness (QED) is 0.424. The van der Waals surface area contributed by atoms with Crippen LogP contribution in [-0.2, 0) is 24.0 Å². The van der Waals surface area contributed by atoms with Gasteiger partial charge in [0.1, 0.15) is 0 Å². The molecule has 1 spiro atoms. The van der Waals surface area contributed by atoms with Crippen molar-refractivity contribution in [2.75, 3.05) is 18.5 Å². The van der Waals surface area contributed by atoms with E-state index in [2.05, 4.69) is 24.5 Å². The van der Waals surface area contributed by atoms with Gasteiger partial charge in [-0.25, -0.2) is 14.6 Å². The van der Waals surface area contributed by atoms with E-state index in [-0.39, 0.29) is 17.9 Å². The average molecular weight is 495 g/mol. The molecule has 0 radical (unpaired) electrons. The van der Waals surface area contributed by atoms with Crippen molar-refractivity contribution in [3.63, 3.8) is 0 Å². The zero-order valence-corrected chi connectivity index (χ0v) is 20.8. The molecule has 5 fully saturated rings. The number of rotatable bonds is 6. The Bertz CT molecular complexity index is 904. The highest BCUT2D eigenvalue weighted by molar-refractivity contribution is 6.33. The first-order valence-electron chi connectivity index (χ1n) is 12.4. The van der Waals surface area contributed by atoms with Gasteiger partial charge in [0.2, 0.25) is 5.79 Å². The first kappa shape index (κ1) is 24.3. The third-order valence-electron chi connectivity index (χ3n) is 8.11. The van der Waals surface area contributed by atoms with Crippen molar-refractivity contribution in [2.24, 2.45) is 23.7 Å². The van der Waals surface area contributed by atoms with Gasteiger partial charge in [0.15, 0.2) is 18.2 Å². The second-order valence-electron chi connectivity index (χ2n) is 10.4. The van der Waals surface area contributed by atoms with Crippen LogP contribution in [0.3, 0.4) is 0 Å². The largest absolute Gasteiger partial charge is 0.352 e. The van der Waals surface area contributed by atoms with Crippen LogP contribution in [0.5, 0.6) is 0 Å². The Kier molecular flexibility index (Phi) is 6.83. The third kappa shape index (κ3) is 4.33. The predicted octanol–water partition coefficient (Wildman–Crippen LogP) is 5.08. The molecular formula is C25H35ClN2O6. The lowest BCUT2D eigenvalue weighted by molar-refractivity contribution is -0.577. The summed E-state index contributed by atoms with van der Waals surface area (Å²) in [7, 11) is 0. The Morgan fingerprint density at radius 3 is 2.82 bits per heavy atom. The predicted molar refractivity (Wildman–Crippen MR) is 126 cm³/mol. The van der Waals surface area contributed by atoms with E-state index in [0.29, 0.717) is 42.1 Å². The van der Waals surface area contributed by atoms with Gasteiger partial charge >= 0.3 is 6.03 Å². The summed E-state index contributed by atoms with van der Waals surface area (Å²) in [5.74, 6) is 0.450. The normalized spacial score (nSPS) is 40.8. The minimum absolute atomic E-state index is 0.136. The number of amides is 2. The van der Waals surface area contributed by atoms with Gasteiger partial charge in [0.05, 0.1) is 17.3 Å². The number of hydrogen-bond donors (Lipinski definition) is 2. The smallest absolute Gasteiger partial charge is 0.319 e. The van der Waals surface area contributed by atoms with Crippen LogP contribution >= 0.6 is 11.6 Å². The van der Waals surface area contributed by atoms with E-state index >= 15 is 0 Å². The van der Waals surface area contributed by atoms with Gasteiger partial charge in [-0.05, 0) is 56.6 Å². The monoisotopic (exact) mass is 494 g/mol. The first-order chi connectivity index (χ1) is 16.3. The van der Waals surface area contributed by atoms with Crippen LogP contribution in [-0.4, -0.2) is 43.2 Å². The molecule has 2 amide bonds. The number of nitrogens with one attached hydrogen (secondary N) is 2. The van der Waals surface area contributed by atoms with Crippen molar-refractivity contribution >= 4 is 23.3 Å². The Morgan fingerprint density at radius 2 is 2.00 bits per heavy atom. The molecule has 6 rings (SSSR count). The number of carbonyl (C=O) groups is 1. The molecule has 1 aliphatic carbocycles. The zero-order valence-electron chi connectivity index (χ0n) is 20.1. The topological polar surface area (TPSA) is 87.3 Å². The fourth-order valence-corrected chi connectivity index (χ4v) is 6.45. The van der Waals surface area contributed by atoms with Crippen LogP contribution in [0.1, 0.15) is 52.9 Å². The van der Waals surface area contributed by atoms with Crippen LogP contribution in [0.2, 0.25) is 5.02 Å². The Labute approximate surface area is 205 Å². The van der Waals surface area contributed by atoms with E-state index in [0.717, 1.165) is 25.7 Å². The summed E-state index contributed by atoms with van der Waals surface area (Å²) in [6.07, 6.45) is 3.75. The van der Waals surface area contributed by atoms with E-state index < -0.39 is 24.0 Å². The van der Waals surface area contributed by atoms with Crippen molar-refractivity contribution in [3.8, 4) is 0 Å². The second-order valence-corrected chi connectivity index (χ2v) is 10.8. The molecular weight excluding hydrogens is 460 g/mol. The van der Waals surface area contributed by atoms with Gasteiger partial charge in [-0.2, -0.15) is 0 Å². The van der Waals surface area contributed by atoms with Crippen LogP contribution in [0, 0.1) is 23.7 Å². The summed E-state index contributed by atoms with van der Waals surface area (Å²) >= 11 is 6.08. The maximum absolute atomic E-state index is 12.1. The number of anilines is 1. The summed E-state index contributed by atoms with van der Waals surface area (Å²) in [6, 6.07) is 6.83. The molecule has 5 aliphatic rings. The van der Waals surface area contributed by atoms with Crippen molar-refractivity contribution in [2.45, 2.75) is 76.8 Å². The molecule has 2 N–H and O–H groups in total. The van der Waals surface area contributed by atoms with Crippen molar-refractivity contribution in [3.05, 3.63) is 29.3 Å². The number of urea groups is 1. The van der Waals surface area contributed by atoms with E-state index in [4.69, 9.17) is 35.6 Å². The van der Waals surface area contributed by atoms with Crippen molar-refractivity contribution < 1.29 is 28.8 Å². The van der Waals surface area contributed by atoms with Gasteiger partial charge in [0.25, 0.3) is 0 Å². The van der Waals surface area contributed by atoms with Crippen LogP contribution < -0.4 is 10.6 Å². The summed E-state index contributed by atoms with van der Waals surface area (Å²) in [5.41, 5.74) is -0.000312. The molecule has 9 heteroatoms. The van der Waals surface area contributed by atoms with Gasteiger partial charge in [-0.1, -0.05) is 37.6 Å². The number of hydrogen-bond acceptors (Lipinski definition) is 6. The molecule has 0 aromatic heterocycles. The first-order valence-corrected chi connectivity index (χ1v) is 12.8. The van der Waals surface area contributed by atoms with E-state index in [1.807, 2.05) is 19.1 Å². The standard InChI is InChI=1S/C25H35ClN2O6/c1-15-9-10-18-16(2)21(31-22-25(18)17(15)11-12-24(3,32-22)33-34-25)30-14-6-13-27-23(29)28-20-8-5-4-7-19(20)26/h4-5,7-8,15-18,21-22H,6,9-14H2,1-3H3,(H2,27,28,29)/t15-,16-,17+,18+,21+,22-,24+,25-/m1/s1. The molecule has 34 heavy (non-hydrogen) atoms. The van der Waals surface area contributed by atoms with E-state index in [1.165, 1.54) is 0 Å². The molecule has 4 heterocycles. The second kappa shape index (κ2) is 9.56. The summed E-state index contributed by atoms with van der Waals surface area (Å²) in [6.45, 7) is 7.33. The summed E-state index contributed by atoms with van der Waals surface area (Å²) in [4.78, 5) is 24.1. The maximum atomic E-state index is 12.1. The Hall–Kier alpha value is -1.42. The maximum Gasteiger partial charge on any atom is 0.319 e. The van der Waals surface area contributed by atoms with E-state index in [1.54, 1.807) is 12.1 Å². The molecule has 4 aliphatic heterocycles. The van der Waals surface area contributed by atoms with Crippen LogP contribution in [0.15, 0.2) is 24.3 Å². The Morgan fingerprint density at radius 1 is 1.18 bits per heavy atom. The number of halogens is 1. The van der Waals surface area contributed by atoms with Crippen LogP contribution in [0.4, 0.5) is 10.5 Å². The number of carbonyl (C=O) groups excluding carboxylic acids is 1. The Balaban J connectivity index is 1.15. The highest BCUT2D eigenvalue weighted by atomic mass is 35.5. The molecule has 188 valence electrons. The number of fused-ring (bicyclic) bond motifs is 2. The molecule has 8 atom stereocenters. The molecule has 1 aromatic rings. The number of para-hydroxylation sites is 1.